The summed E-state index contributed by atoms with van der Waals surface area (Å²) < 4.78 is 9.87. The third kappa shape index (κ3) is 5.14. The van der Waals surface area contributed by atoms with Gasteiger partial charge < -0.3 is 14.4 Å². The van der Waals surface area contributed by atoms with Crippen LogP contribution in [0.2, 0.25) is 10.0 Å². The zero-order valence-electron chi connectivity index (χ0n) is 17.6. The van der Waals surface area contributed by atoms with E-state index in [4.69, 9.17) is 27.9 Å². The number of aromatic nitrogens is 4. The number of aryl methyl sites for hydroxylation is 2. The van der Waals surface area contributed by atoms with Crippen molar-refractivity contribution in [3.05, 3.63) is 55.4 Å². The van der Waals surface area contributed by atoms with E-state index in [-0.39, 0.29) is 13.2 Å². The summed E-state index contributed by atoms with van der Waals surface area (Å²) in [5, 5.41) is 11.3. The summed E-state index contributed by atoms with van der Waals surface area (Å²) in [5.74, 6) is 0.356. The van der Waals surface area contributed by atoms with Crippen molar-refractivity contribution in [2.24, 2.45) is 0 Å². The first-order chi connectivity index (χ1) is 14.9. The number of hydrogen-bond donors (Lipinski definition) is 1. The highest BCUT2D eigenvalue weighted by Crippen LogP contribution is 2.27. The molecule has 0 aliphatic carbocycles. The number of imidazole rings is 1. The molecule has 31 heavy (non-hydrogen) atoms. The van der Waals surface area contributed by atoms with E-state index >= 15 is 0 Å². The van der Waals surface area contributed by atoms with Gasteiger partial charge >= 0.3 is 5.69 Å². The van der Waals surface area contributed by atoms with Gasteiger partial charge in [-0.3, -0.25) is 13.9 Å². The third-order valence-corrected chi connectivity index (χ3v) is 5.43. The zero-order chi connectivity index (χ0) is 22.5. The van der Waals surface area contributed by atoms with Crippen LogP contribution < -0.4 is 16.0 Å². The lowest BCUT2D eigenvalue weighted by Crippen LogP contribution is -2.44. The van der Waals surface area contributed by atoms with E-state index in [1.54, 1.807) is 23.0 Å². The van der Waals surface area contributed by atoms with Crippen molar-refractivity contribution in [1.29, 1.82) is 0 Å². The summed E-state index contributed by atoms with van der Waals surface area (Å²) >= 11 is 12.0. The topological polar surface area (TPSA) is 91.3 Å². The molecule has 0 radical (unpaired) electrons. The van der Waals surface area contributed by atoms with Crippen molar-refractivity contribution in [2.45, 2.75) is 58.8 Å². The van der Waals surface area contributed by atoms with Crippen LogP contribution in [0.3, 0.4) is 0 Å². The average molecular weight is 469 g/mol. The molecule has 0 saturated carbocycles. The largest absolute Gasteiger partial charge is 0.489 e. The van der Waals surface area contributed by atoms with Gasteiger partial charge in [0.25, 0.3) is 5.56 Å². The molecule has 1 N–H and O–H groups in total. The van der Waals surface area contributed by atoms with Gasteiger partial charge in [0, 0.05) is 18.1 Å². The minimum Gasteiger partial charge on any atom is -0.489 e. The second-order valence-corrected chi connectivity index (χ2v) is 8.20. The standard InChI is InChI=1S/C21H26Cl2N4O4/c1-3-5-9-25-13-24-19-18(25)20(29)27(21(30)26(19)8-4-2)11-15(28)12-31-17-7-6-14(22)10-16(17)23/h6-7,10,13,15,28H,3-5,8-9,11-12H2,1-2H3. The van der Waals surface area contributed by atoms with Crippen molar-refractivity contribution in [3.8, 4) is 5.75 Å². The number of ether oxygens (including phenoxy) is 1. The van der Waals surface area contributed by atoms with E-state index < -0.39 is 17.4 Å². The van der Waals surface area contributed by atoms with Gasteiger partial charge in [0.2, 0.25) is 0 Å². The van der Waals surface area contributed by atoms with Gasteiger partial charge in [0.05, 0.1) is 17.9 Å². The number of benzene rings is 1. The SMILES string of the molecule is CCCCn1cnc2c1c(=O)n(CC(O)COc1ccc(Cl)cc1Cl)c(=O)n2CCC. The maximum absolute atomic E-state index is 13.2. The Balaban J connectivity index is 1.91. The lowest BCUT2D eigenvalue weighted by molar-refractivity contribution is 0.0902. The molecule has 2 heterocycles. The Morgan fingerprint density at radius 3 is 2.58 bits per heavy atom. The highest BCUT2D eigenvalue weighted by molar-refractivity contribution is 6.35. The monoisotopic (exact) mass is 468 g/mol. The maximum Gasteiger partial charge on any atom is 0.332 e. The minimum absolute atomic E-state index is 0.145. The van der Waals surface area contributed by atoms with E-state index in [0.717, 1.165) is 17.4 Å². The second-order valence-electron chi connectivity index (χ2n) is 7.35. The lowest BCUT2D eigenvalue weighted by atomic mass is 10.3. The number of hydrogen-bond acceptors (Lipinski definition) is 5. The molecule has 3 aromatic rings. The Morgan fingerprint density at radius 2 is 1.90 bits per heavy atom. The van der Waals surface area contributed by atoms with Crippen LogP contribution in [0.5, 0.6) is 5.75 Å². The minimum atomic E-state index is -1.10. The van der Waals surface area contributed by atoms with Crippen LogP contribution in [-0.4, -0.2) is 36.5 Å². The Bertz CT molecular complexity index is 1170. The first-order valence-electron chi connectivity index (χ1n) is 10.3. The number of aliphatic hydroxyl groups is 1. The molecule has 10 heteroatoms. The summed E-state index contributed by atoms with van der Waals surface area (Å²) in [4.78, 5) is 30.5. The molecule has 3 rings (SSSR count). The molecule has 168 valence electrons. The first-order valence-corrected chi connectivity index (χ1v) is 11.1. The van der Waals surface area contributed by atoms with E-state index in [1.807, 2.05) is 6.92 Å². The zero-order valence-corrected chi connectivity index (χ0v) is 19.1. The molecule has 0 amide bonds. The number of rotatable bonds is 10. The number of aliphatic hydroxyl groups excluding tert-OH is 1. The van der Waals surface area contributed by atoms with Gasteiger partial charge in [-0.05, 0) is 31.0 Å². The Labute approximate surface area is 189 Å². The second kappa shape index (κ2) is 10.3. The highest BCUT2D eigenvalue weighted by atomic mass is 35.5. The molecule has 1 atom stereocenters. The Morgan fingerprint density at radius 1 is 1.13 bits per heavy atom. The van der Waals surface area contributed by atoms with Crippen LogP contribution in [0, 0.1) is 0 Å². The number of halogens is 2. The van der Waals surface area contributed by atoms with E-state index in [2.05, 4.69) is 11.9 Å². The molecule has 0 aliphatic rings. The van der Waals surface area contributed by atoms with E-state index in [0.29, 0.717) is 46.5 Å². The fraction of sp³-hybridized carbons (Fsp3) is 0.476. The number of fused-ring (bicyclic) bond motifs is 1. The maximum atomic E-state index is 13.2. The Kier molecular flexibility index (Phi) is 7.80. The molecule has 0 saturated heterocycles. The van der Waals surface area contributed by atoms with Crippen LogP contribution in [0.15, 0.2) is 34.1 Å². The van der Waals surface area contributed by atoms with Gasteiger partial charge in [0.1, 0.15) is 18.5 Å². The smallest absolute Gasteiger partial charge is 0.332 e. The predicted molar refractivity (Wildman–Crippen MR) is 121 cm³/mol. The van der Waals surface area contributed by atoms with Crippen LogP contribution in [0.25, 0.3) is 11.2 Å². The summed E-state index contributed by atoms with van der Waals surface area (Å²) in [6.07, 6.45) is 3.05. The number of nitrogens with zero attached hydrogens (tertiary/aromatic N) is 4. The normalized spacial score (nSPS) is 12.4. The quantitative estimate of drug-likeness (QED) is 0.492. The van der Waals surface area contributed by atoms with Gasteiger partial charge in [-0.15, -0.1) is 0 Å². The molecule has 1 aromatic carbocycles. The van der Waals surface area contributed by atoms with Crippen molar-refractivity contribution in [2.75, 3.05) is 6.61 Å². The Hall–Kier alpha value is -2.29. The average Bonchev–Trinajstić information content (AvgIpc) is 3.16. The van der Waals surface area contributed by atoms with Crippen molar-refractivity contribution in [3.63, 3.8) is 0 Å². The van der Waals surface area contributed by atoms with Crippen molar-refractivity contribution >= 4 is 34.4 Å². The molecule has 0 fully saturated rings. The van der Waals surface area contributed by atoms with Gasteiger partial charge in [0.15, 0.2) is 11.2 Å². The predicted octanol–water partition coefficient (Wildman–Crippen LogP) is 3.32. The van der Waals surface area contributed by atoms with Crippen LogP contribution in [0.1, 0.15) is 33.1 Å². The summed E-state index contributed by atoms with van der Waals surface area (Å²) in [7, 11) is 0. The van der Waals surface area contributed by atoms with Crippen molar-refractivity contribution < 1.29 is 9.84 Å². The molecular weight excluding hydrogens is 443 g/mol. The molecule has 0 bridgehead atoms. The summed E-state index contributed by atoms with van der Waals surface area (Å²) in [6.45, 7) is 4.71. The molecule has 8 nitrogen and oxygen atoms in total. The number of unbranched alkanes of at least 4 members (excludes halogenated alkanes) is 1. The van der Waals surface area contributed by atoms with Gasteiger partial charge in [-0.2, -0.15) is 0 Å². The molecule has 2 aromatic heterocycles. The van der Waals surface area contributed by atoms with Gasteiger partial charge in [-0.1, -0.05) is 43.5 Å². The van der Waals surface area contributed by atoms with E-state index in [1.165, 1.54) is 10.6 Å². The highest BCUT2D eigenvalue weighted by Gasteiger charge is 2.20. The molecule has 0 spiro atoms. The fourth-order valence-electron chi connectivity index (χ4n) is 3.36. The molecular formula is C21H26Cl2N4O4. The van der Waals surface area contributed by atoms with Crippen LogP contribution in [-0.2, 0) is 19.6 Å². The lowest BCUT2D eigenvalue weighted by Gasteiger charge is -2.16. The summed E-state index contributed by atoms with van der Waals surface area (Å²) in [6, 6.07) is 4.74. The molecule has 1 unspecified atom stereocenters. The van der Waals surface area contributed by atoms with E-state index in [9.17, 15) is 14.7 Å². The van der Waals surface area contributed by atoms with Crippen LogP contribution >= 0.6 is 23.2 Å². The first kappa shape index (κ1) is 23.4. The van der Waals surface area contributed by atoms with Crippen LogP contribution in [0.4, 0.5) is 0 Å². The summed E-state index contributed by atoms with van der Waals surface area (Å²) in [5.41, 5.74) is -0.216. The van der Waals surface area contributed by atoms with Crippen molar-refractivity contribution in [1.82, 2.24) is 18.7 Å². The fourth-order valence-corrected chi connectivity index (χ4v) is 3.83. The van der Waals surface area contributed by atoms with Gasteiger partial charge in [-0.25, -0.2) is 9.78 Å². The third-order valence-electron chi connectivity index (χ3n) is 4.90. The molecule has 0 aliphatic heterocycles.